The van der Waals surface area contributed by atoms with Crippen molar-refractivity contribution in [2.45, 2.75) is 65.4 Å². The van der Waals surface area contributed by atoms with E-state index in [4.69, 9.17) is 0 Å². The van der Waals surface area contributed by atoms with Crippen molar-refractivity contribution in [3.8, 4) is 0 Å². The number of fused-ring (bicyclic) bond motifs is 2. The quantitative estimate of drug-likeness (QED) is 0.743. The molecule has 3 saturated carbocycles. The maximum atomic E-state index is 12.1. The highest BCUT2D eigenvalue weighted by Gasteiger charge is 2.55. The molecule has 8 atom stereocenters. The van der Waals surface area contributed by atoms with Gasteiger partial charge in [0.05, 0.1) is 6.10 Å². The van der Waals surface area contributed by atoms with Crippen LogP contribution in [-0.4, -0.2) is 17.5 Å². The lowest BCUT2D eigenvalue weighted by Crippen LogP contribution is -2.54. The van der Waals surface area contributed by atoms with Crippen molar-refractivity contribution in [3.05, 3.63) is 0 Å². The fourth-order valence-electron chi connectivity index (χ4n) is 5.74. The van der Waals surface area contributed by atoms with Crippen LogP contribution in [0.15, 0.2) is 0 Å². The third-order valence-electron chi connectivity index (χ3n) is 7.45. The van der Waals surface area contributed by atoms with Gasteiger partial charge < -0.3 is 9.90 Å². The van der Waals surface area contributed by atoms with Gasteiger partial charge in [-0.15, -0.1) is 0 Å². The number of hydrogen-bond acceptors (Lipinski definition) is 2. The first kappa shape index (κ1) is 14.6. The SMILES string of the molecule is CC1CCC2CC3CCC(C)C(C)C3(C=O)CC2C1O. The van der Waals surface area contributed by atoms with Gasteiger partial charge in [0.25, 0.3) is 0 Å². The van der Waals surface area contributed by atoms with E-state index in [1.165, 1.54) is 32.0 Å². The minimum atomic E-state index is -0.184. The van der Waals surface area contributed by atoms with E-state index < -0.39 is 0 Å². The zero-order valence-corrected chi connectivity index (χ0v) is 13.2. The normalized spacial score (nSPS) is 55.7. The summed E-state index contributed by atoms with van der Waals surface area (Å²) < 4.78 is 0. The summed E-state index contributed by atoms with van der Waals surface area (Å²) >= 11 is 0. The van der Waals surface area contributed by atoms with E-state index in [-0.39, 0.29) is 11.5 Å². The molecule has 2 heteroatoms. The Labute approximate surface area is 123 Å². The molecule has 3 aliphatic carbocycles. The van der Waals surface area contributed by atoms with Crippen LogP contribution < -0.4 is 0 Å². The summed E-state index contributed by atoms with van der Waals surface area (Å²) in [7, 11) is 0. The lowest BCUT2D eigenvalue weighted by Gasteiger charge is -2.57. The van der Waals surface area contributed by atoms with Crippen molar-refractivity contribution >= 4 is 6.29 Å². The van der Waals surface area contributed by atoms with Crippen molar-refractivity contribution in [1.29, 1.82) is 0 Å². The van der Waals surface area contributed by atoms with Crippen LogP contribution in [-0.2, 0) is 4.79 Å². The number of carbonyl (C=O) groups excluding carboxylic acids is 1. The first-order valence-electron chi connectivity index (χ1n) is 8.64. The van der Waals surface area contributed by atoms with Crippen LogP contribution in [0.4, 0.5) is 0 Å². The summed E-state index contributed by atoms with van der Waals surface area (Å²) in [6.07, 6.45) is 8.16. The van der Waals surface area contributed by atoms with Crippen molar-refractivity contribution in [2.75, 3.05) is 0 Å². The Morgan fingerprint density at radius 2 is 1.75 bits per heavy atom. The third-order valence-corrected chi connectivity index (χ3v) is 7.45. The zero-order chi connectivity index (χ0) is 14.5. The first-order valence-corrected chi connectivity index (χ1v) is 8.64. The molecule has 0 aromatic heterocycles. The molecule has 0 aromatic carbocycles. The predicted molar refractivity (Wildman–Crippen MR) is 80.2 cm³/mol. The highest BCUT2D eigenvalue weighted by molar-refractivity contribution is 5.61. The lowest BCUT2D eigenvalue weighted by atomic mass is 9.47. The Morgan fingerprint density at radius 3 is 2.45 bits per heavy atom. The molecule has 2 nitrogen and oxygen atoms in total. The molecule has 0 heterocycles. The maximum absolute atomic E-state index is 12.1. The predicted octanol–water partition coefficient (Wildman–Crippen LogP) is 3.67. The molecule has 114 valence electrons. The standard InChI is InChI=1S/C18H30O2/c1-11-5-7-15-8-14-6-4-12(2)17(20)16(14)9-18(15,10-19)13(11)3/h10-17,20H,4-9H2,1-3H3. The minimum absolute atomic E-state index is 0.142. The average molecular weight is 278 g/mol. The van der Waals surface area contributed by atoms with E-state index in [2.05, 4.69) is 20.8 Å². The van der Waals surface area contributed by atoms with Gasteiger partial charge in [-0.25, -0.2) is 0 Å². The molecule has 3 fully saturated rings. The van der Waals surface area contributed by atoms with E-state index in [0.717, 1.165) is 12.8 Å². The monoisotopic (exact) mass is 278 g/mol. The summed E-state index contributed by atoms with van der Waals surface area (Å²) in [6, 6.07) is 0. The smallest absolute Gasteiger partial charge is 0.126 e. The fraction of sp³-hybridized carbons (Fsp3) is 0.944. The molecule has 0 spiro atoms. The van der Waals surface area contributed by atoms with Gasteiger partial charge >= 0.3 is 0 Å². The Hall–Kier alpha value is -0.370. The van der Waals surface area contributed by atoms with Gasteiger partial charge in [0.2, 0.25) is 0 Å². The van der Waals surface area contributed by atoms with Crippen molar-refractivity contribution < 1.29 is 9.90 Å². The average Bonchev–Trinajstić information content (AvgIpc) is 2.46. The summed E-state index contributed by atoms with van der Waals surface area (Å²) in [6.45, 7) is 6.76. The number of aliphatic hydroxyl groups is 1. The van der Waals surface area contributed by atoms with Gasteiger partial charge in [0.1, 0.15) is 6.29 Å². The fourth-order valence-corrected chi connectivity index (χ4v) is 5.74. The van der Waals surface area contributed by atoms with Crippen LogP contribution in [0.2, 0.25) is 0 Å². The summed E-state index contributed by atoms with van der Waals surface area (Å²) in [5.41, 5.74) is -0.142. The van der Waals surface area contributed by atoms with Gasteiger partial charge in [0.15, 0.2) is 0 Å². The van der Waals surface area contributed by atoms with Crippen molar-refractivity contribution in [2.24, 2.45) is 40.9 Å². The lowest BCUT2D eigenvalue weighted by molar-refractivity contribution is -0.149. The van der Waals surface area contributed by atoms with Gasteiger partial charge in [-0.05, 0) is 67.6 Å². The second-order valence-corrected chi connectivity index (χ2v) is 8.18. The maximum Gasteiger partial charge on any atom is 0.126 e. The van der Waals surface area contributed by atoms with Crippen LogP contribution in [0.1, 0.15) is 59.3 Å². The number of rotatable bonds is 1. The Balaban J connectivity index is 1.90. The molecule has 1 N–H and O–H groups in total. The van der Waals surface area contributed by atoms with Crippen LogP contribution in [0.5, 0.6) is 0 Å². The molecule has 0 saturated heterocycles. The van der Waals surface area contributed by atoms with Gasteiger partial charge in [0, 0.05) is 5.41 Å². The van der Waals surface area contributed by atoms with Crippen molar-refractivity contribution in [1.82, 2.24) is 0 Å². The second-order valence-electron chi connectivity index (χ2n) is 8.18. The molecule has 3 rings (SSSR count). The molecule has 0 bridgehead atoms. The van der Waals surface area contributed by atoms with Crippen LogP contribution in [0.25, 0.3) is 0 Å². The Bertz CT molecular complexity index is 380. The van der Waals surface area contributed by atoms with Gasteiger partial charge in [-0.1, -0.05) is 27.2 Å². The molecule has 0 aliphatic heterocycles. The molecule has 3 aliphatic rings. The zero-order valence-electron chi connectivity index (χ0n) is 13.2. The summed E-state index contributed by atoms with van der Waals surface area (Å²) in [4.78, 5) is 12.1. The van der Waals surface area contributed by atoms with E-state index in [1.54, 1.807) is 0 Å². The van der Waals surface area contributed by atoms with Crippen LogP contribution in [0.3, 0.4) is 0 Å². The van der Waals surface area contributed by atoms with Gasteiger partial charge in [-0.3, -0.25) is 0 Å². The topological polar surface area (TPSA) is 37.3 Å². The molecule has 20 heavy (non-hydrogen) atoms. The first-order chi connectivity index (χ1) is 9.49. The molecule has 0 radical (unpaired) electrons. The number of aldehydes is 1. The van der Waals surface area contributed by atoms with E-state index in [9.17, 15) is 9.90 Å². The number of aliphatic hydroxyl groups excluding tert-OH is 1. The van der Waals surface area contributed by atoms with E-state index >= 15 is 0 Å². The molecule has 0 aromatic rings. The second kappa shape index (κ2) is 5.12. The van der Waals surface area contributed by atoms with E-state index in [1.807, 2.05) is 0 Å². The molecular formula is C18H30O2. The van der Waals surface area contributed by atoms with Crippen LogP contribution >= 0.6 is 0 Å². The summed E-state index contributed by atoms with van der Waals surface area (Å²) in [5.74, 6) is 3.14. The highest BCUT2D eigenvalue weighted by Crippen LogP contribution is 2.59. The highest BCUT2D eigenvalue weighted by atomic mass is 16.3. The van der Waals surface area contributed by atoms with Crippen LogP contribution in [0, 0.1) is 40.9 Å². The third kappa shape index (κ3) is 1.98. The van der Waals surface area contributed by atoms with Crippen molar-refractivity contribution in [3.63, 3.8) is 0 Å². The number of carbonyl (C=O) groups is 1. The largest absolute Gasteiger partial charge is 0.393 e. The molecular weight excluding hydrogens is 248 g/mol. The Morgan fingerprint density at radius 1 is 1.05 bits per heavy atom. The molecule has 0 amide bonds. The minimum Gasteiger partial charge on any atom is -0.393 e. The number of hydrogen-bond donors (Lipinski definition) is 1. The summed E-state index contributed by atoms with van der Waals surface area (Å²) in [5, 5.41) is 10.6. The molecule has 8 unspecified atom stereocenters. The van der Waals surface area contributed by atoms with Gasteiger partial charge in [-0.2, -0.15) is 0 Å². The Kier molecular flexibility index (Phi) is 3.73. The van der Waals surface area contributed by atoms with E-state index in [0.29, 0.717) is 35.5 Å².